The fraction of sp³-hybridized carbons (Fsp3) is 0.235. The molecule has 0 saturated heterocycles. The molecule has 0 radical (unpaired) electrons. The van der Waals surface area contributed by atoms with Crippen LogP contribution in [-0.2, 0) is 6.42 Å². The zero-order chi connectivity index (χ0) is 15.2. The lowest BCUT2D eigenvalue weighted by atomic mass is 10.1. The van der Waals surface area contributed by atoms with Crippen LogP contribution < -0.4 is 5.32 Å². The number of rotatable bonds is 6. The van der Waals surface area contributed by atoms with E-state index >= 15 is 0 Å². The van der Waals surface area contributed by atoms with E-state index in [-0.39, 0.29) is 11.6 Å². The minimum Gasteiger partial charge on any atom is -0.478 e. The van der Waals surface area contributed by atoms with Crippen molar-refractivity contribution in [2.75, 3.05) is 5.32 Å². The molecule has 3 nitrogen and oxygen atoms in total. The van der Waals surface area contributed by atoms with E-state index in [0.717, 1.165) is 18.5 Å². The van der Waals surface area contributed by atoms with Crippen LogP contribution >= 0.6 is 11.6 Å². The number of benzene rings is 2. The number of hydrogen-bond donors (Lipinski definition) is 2. The molecule has 110 valence electrons. The molecule has 0 saturated carbocycles. The normalized spacial score (nSPS) is 11.9. The van der Waals surface area contributed by atoms with Crippen LogP contribution in [0.1, 0.15) is 29.3 Å². The number of halogens is 1. The highest BCUT2D eigenvalue weighted by Crippen LogP contribution is 2.24. The summed E-state index contributed by atoms with van der Waals surface area (Å²) < 4.78 is 0. The number of carboxylic acids is 1. The molecule has 0 aliphatic rings. The van der Waals surface area contributed by atoms with Crippen molar-refractivity contribution in [2.45, 2.75) is 25.8 Å². The molecule has 0 heterocycles. The van der Waals surface area contributed by atoms with Gasteiger partial charge in [-0.2, -0.15) is 0 Å². The van der Waals surface area contributed by atoms with Crippen LogP contribution in [0, 0.1) is 0 Å². The predicted octanol–water partition coefficient (Wildman–Crippen LogP) is 4.47. The van der Waals surface area contributed by atoms with Gasteiger partial charge < -0.3 is 10.4 Å². The number of anilines is 1. The van der Waals surface area contributed by atoms with Crippen molar-refractivity contribution in [1.29, 1.82) is 0 Å². The van der Waals surface area contributed by atoms with E-state index in [1.165, 1.54) is 11.6 Å². The van der Waals surface area contributed by atoms with Gasteiger partial charge in [0.1, 0.15) is 0 Å². The van der Waals surface area contributed by atoms with Crippen molar-refractivity contribution in [3.63, 3.8) is 0 Å². The summed E-state index contributed by atoms with van der Waals surface area (Å²) in [5.74, 6) is -0.972. The summed E-state index contributed by atoms with van der Waals surface area (Å²) in [6, 6.07) is 15.3. The maximum atomic E-state index is 10.9. The average Bonchev–Trinajstić information content (AvgIpc) is 2.48. The predicted molar refractivity (Wildman–Crippen MR) is 86.3 cm³/mol. The Labute approximate surface area is 129 Å². The third-order valence-corrected chi connectivity index (χ3v) is 3.64. The summed E-state index contributed by atoms with van der Waals surface area (Å²) in [6.45, 7) is 2.09. The van der Waals surface area contributed by atoms with Gasteiger partial charge >= 0.3 is 5.97 Å². The van der Waals surface area contributed by atoms with Crippen molar-refractivity contribution in [1.82, 2.24) is 0 Å². The Morgan fingerprint density at radius 3 is 2.57 bits per heavy atom. The lowest BCUT2D eigenvalue weighted by Gasteiger charge is -2.16. The molecule has 0 aliphatic carbocycles. The maximum Gasteiger partial charge on any atom is 0.335 e. The molecule has 0 bridgehead atoms. The van der Waals surface area contributed by atoms with Crippen molar-refractivity contribution >= 4 is 23.3 Å². The van der Waals surface area contributed by atoms with Crippen LogP contribution in [0.15, 0.2) is 48.5 Å². The van der Waals surface area contributed by atoms with E-state index in [1.54, 1.807) is 12.1 Å². The fourth-order valence-electron chi connectivity index (χ4n) is 2.13. The van der Waals surface area contributed by atoms with E-state index < -0.39 is 5.97 Å². The van der Waals surface area contributed by atoms with Gasteiger partial charge in [-0.25, -0.2) is 4.79 Å². The second kappa shape index (κ2) is 7.14. The highest BCUT2D eigenvalue weighted by Gasteiger charge is 2.09. The Morgan fingerprint density at radius 1 is 1.24 bits per heavy atom. The van der Waals surface area contributed by atoms with Gasteiger partial charge in [0, 0.05) is 6.04 Å². The number of nitrogens with one attached hydrogen (secondary N) is 1. The number of carbonyl (C=O) groups is 1. The van der Waals surface area contributed by atoms with Gasteiger partial charge in [-0.3, -0.25) is 0 Å². The van der Waals surface area contributed by atoms with Gasteiger partial charge in [-0.15, -0.1) is 0 Å². The van der Waals surface area contributed by atoms with Crippen LogP contribution in [0.4, 0.5) is 5.69 Å². The molecule has 0 fully saturated rings. The summed E-state index contributed by atoms with van der Waals surface area (Å²) in [4.78, 5) is 10.9. The van der Waals surface area contributed by atoms with Crippen LogP contribution in [0.5, 0.6) is 0 Å². The van der Waals surface area contributed by atoms with Crippen molar-refractivity contribution < 1.29 is 9.90 Å². The maximum absolute atomic E-state index is 10.9. The second-order valence-electron chi connectivity index (χ2n) is 5.07. The van der Waals surface area contributed by atoms with Gasteiger partial charge in [0.05, 0.1) is 16.3 Å². The zero-order valence-electron chi connectivity index (χ0n) is 11.8. The Balaban J connectivity index is 1.93. The molecular weight excluding hydrogens is 286 g/mol. The molecule has 1 atom stereocenters. The molecule has 0 amide bonds. The molecule has 0 aliphatic heterocycles. The minimum absolute atomic E-state index is 0.197. The smallest absolute Gasteiger partial charge is 0.335 e. The van der Waals surface area contributed by atoms with E-state index in [1.807, 2.05) is 18.2 Å². The highest BCUT2D eigenvalue weighted by atomic mass is 35.5. The number of carboxylic acid groups (broad SMARTS) is 1. The van der Waals surface area contributed by atoms with E-state index in [4.69, 9.17) is 16.7 Å². The molecule has 21 heavy (non-hydrogen) atoms. The lowest BCUT2D eigenvalue weighted by molar-refractivity contribution is 0.0697. The Bertz CT molecular complexity index is 613. The molecular formula is C17H18ClNO2. The first kappa shape index (κ1) is 15.4. The first-order valence-electron chi connectivity index (χ1n) is 6.89. The van der Waals surface area contributed by atoms with Gasteiger partial charge in [-0.1, -0.05) is 41.9 Å². The monoisotopic (exact) mass is 303 g/mol. The van der Waals surface area contributed by atoms with Gasteiger partial charge in [0.2, 0.25) is 0 Å². The summed E-state index contributed by atoms with van der Waals surface area (Å²) in [5.41, 5.74) is 2.27. The van der Waals surface area contributed by atoms with E-state index in [0.29, 0.717) is 5.02 Å². The van der Waals surface area contributed by atoms with Crippen LogP contribution in [-0.4, -0.2) is 17.1 Å². The Morgan fingerprint density at radius 2 is 1.95 bits per heavy atom. The summed E-state index contributed by atoms with van der Waals surface area (Å²) in [6.07, 6.45) is 1.96. The molecule has 2 N–H and O–H groups in total. The van der Waals surface area contributed by atoms with Crippen molar-refractivity contribution in [3.8, 4) is 0 Å². The number of aryl methyl sites for hydroxylation is 1. The van der Waals surface area contributed by atoms with E-state index in [2.05, 4.69) is 24.4 Å². The third-order valence-electron chi connectivity index (χ3n) is 3.33. The SMILES string of the molecule is CC(CCc1ccccc1)Nc1ccc(C(=O)O)cc1Cl. The van der Waals surface area contributed by atoms with Crippen LogP contribution in [0.25, 0.3) is 0 Å². The Kier molecular flexibility index (Phi) is 5.23. The van der Waals surface area contributed by atoms with Crippen molar-refractivity contribution in [2.24, 2.45) is 0 Å². The number of aromatic carboxylic acids is 1. The van der Waals surface area contributed by atoms with Gasteiger partial charge in [0.15, 0.2) is 0 Å². The first-order valence-corrected chi connectivity index (χ1v) is 7.27. The largest absolute Gasteiger partial charge is 0.478 e. The second-order valence-corrected chi connectivity index (χ2v) is 5.48. The van der Waals surface area contributed by atoms with Gasteiger partial charge in [0.25, 0.3) is 0 Å². The Hall–Kier alpha value is -2.00. The summed E-state index contributed by atoms with van der Waals surface area (Å²) in [5, 5.41) is 12.7. The molecule has 0 spiro atoms. The molecule has 2 aromatic rings. The molecule has 1 unspecified atom stereocenters. The standard InChI is InChI=1S/C17H18ClNO2/c1-12(7-8-13-5-3-2-4-6-13)19-16-10-9-14(17(20)21)11-15(16)18/h2-6,9-12,19H,7-8H2,1H3,(H,20,21). The molecule has 2 rings (SSSR count). The minimum atomic E-state index is -0.972. The molecule has 4 heteroatoms. The zero-order valence-corrected chi connectivity index (χ0v) is 12.6. The molecule has 2 aromatic carbocycles. The van der Waals surface area contributed by atoms with Crippen LogP contribution in [0.2, 0.25) is 5.02 Å². The summed E-state index contributed by atoms with van der Waals surface area (Å²) in [7, 11) is 0. The lowest BCUT2D eigenvalue weighted by Crippen LogP contribution is -2.16. The highest BCUT2D eigenvalue weighted by molar-refractivity contribution is 6.33. The first-order chi connectivity index (χ1) is 10.1. The summed E-state index contributed by atoms with van der Waals surface area (Å²) >= 11 is 6.11. The van der Waals surface area contributed by atoms with E-state index in [9.17, 15) is 4.79 Å². The fourth-order valence-corrected chi connectivity index (χ4v) is 2.37. The average molecular weight is 304 g/mol. The molecule has 0 aromatic heterocycles. The third kappa shape index (κ3) is 4.50. The van der Waals surface area contributed by atoms with Crippen molar-refractivity contribution in [3.05, 3.63) is 64.7 Å². The number of hydrogen-bond acceptors (Lipinski definition) is 2. The van der Waals surface area contributed by atoms with Gasteiger partial charge in [-0.05, 0) is 43.5 Å². The topological polar surface area (TPSA) is 49.3 Å². The van der Waals surface area contributed by atoms with Crippen LogP contribution in [0.3, 0.4) is 0 Å². The quantitative estimate of drug-likeness (QED) is 0.827.